The average molecular weight is 182 g/mol. The smallest absolute Gasteiger partial charge is 0.0247 e. The Morgan fingerprint density at radius 1 is 1.31 bits per heavy atom. The molecule has 2 fully saturated rings. The highest BCUT2D eigenvalue weighted by Gasteiger charge is 2.33. The van der Waals surface area contributed by atoms with Crippen molar-refractivity contribution in [1.29, 1.82) is 0 Å². The molecule has 2 rings (SSSR count). The summed E-state index contributed by atoms with van der Waals surface area (Å²) in [5, 5.41) is 3.51. The lowest BCUT2D eigenvalue weighted by atomic mass is 9.87. The highest BCUT2D eigenvalue weighted by molar-refractivity contribution is 4.90. The summed E-state index contributed by atoms with van der Waals surface area (Å²) in [6.07, 6.45) is 4.35. The molecule has 2 heteroatoms. The third-order valence-electron chi connectivity index (χ3n) is 3.64. The lowest BCUT2D eigenvalue weighted by molar-refractivity contribution is 0.0390. The first kappa shape index (κ1) is 9.47. The molecule has 0 aromatic carbocycles. The quantitative estimate of drug-likeness (QED) is 0.695. The SMILES string of the molecule is CC(C)C1CNCCN1C1CCC1. The van der Waals surface area contributed by atoms with E-state index in [1.54, 1.807) is 0 Å². The Kier molecular flexibility index (Phi) is 2.89. The van der Waals surface area contributed by atoms with E-state index in [4.69, 9.17) is 0 Å². The zero-order valence-electron chi connectivity index (χ0n) is 8.92. The molecule has 1 heterocycles. The zero-order valence-corrected chi connectivity index (χ0v) is 8.92. The Bertz CT molecular complexity index is 163. The maximum absolute atomic E-state index is 3.51. The van der Waals surface area contributed by atoms with Crippen LogP contribution in [0.3, 0.4) is 0 Å². The second kappa shape index (κ2) is 3.97. The summed E-state index contributed by atoms with van der Waals surface area (Å²) in [4.78, 5) is 2.75. The molecule has 0 amide bonds. The van der Waals surface area contributed by atoms with E-state index in [9.17, 15) is 0 Å². The van der Waals surface area contributed by atoms with Gasteiger partial charge in [-0.15, -0.1) is 0 Å². The maximum atomic E-state index is 3.51. The van der Waals surface area contributed by atoms with Crippen LogP contribution in [0.4, 0.5) is 0 Å². The van der Waals surface area contributed by atoms with Crippen molar-refractivity contribution in [3.8, 4) is 0 Å². The first-order valence-corrected chi connectivity index (χ1v) is 5.75. The highest BCUT2D eigenvalue weighted by atomic mass is 15.2. The lowest BCUT2D eigenvalue weighted by Gasteiger charge is -2.47. The Hall–Kier alpha value is -0.0800. The van der Waals surface area contributed by atoms with Crippen LogP contribution in [0, 0.1) is 5.92 Å². The largest absolute Gasteiger partial charge is 0.314 e. The van der Waals surface area contributed by atoms with Gasteiger partial charge in [-0.3, -0.25) is 4.90 Å². The Morgan fingerprint density at radius 3 is 2.62 bits per heavy atom. The molecule has 1 atom stereocenters. The molecule has 2 aliphatic rings. The summed E-state index contributed by atoms with van der Waals surface area (Å²) in [6, 6.07) is 1.72. The van der Waals surface area contributed by atoms with Gasteiger partial charge in [-0.2, -0.15) is 0 Å². The van der Waals surface area contributed by atoms with Gasteiger partial charge in [-0.25, -0.2) is 0 Å². The molecule has 13 heavy (non-hydrogen) atoms. The molecule has 0 aromatic rings. The summed E-state index contributed by atoms with van der Waals surface area (Å²) >= 11 is 0. The molecule has 2 nitrogen and oxygen atoms in total. The second-order valence-corrected chi connectivity index (χ2v) is 4.84. The van der Waals surface area contributed by atoms with Crippen molar-refractivity contribution in [2.24, 2.45) is 5.92 Å². The van der Waals surface area contributed by atoms with Gasteiger partial charge >= 0.3 is 0 Å². The van der Waals surface area contributed by atoms with Crippen LogP contribution in [0.2, 0.25) is 0 Å². The van der Waals surface area contributed by atoms with Gasteiger partial charge in [-0.05, 0) is 18.8 Å². The molecule has 1 N–H and O–H groups in total. The van der Waals surface area contributed by atoms with Gasteiger partial charge in [0, 0.05) is 31.7 Å². The van der Waals surface area contributed by atoms with Crippen LogP contribution in [-0.4, -0.2) is 36.6 Å². The normalized spacial score (nSPS) is 32.1. The average Bonchev–Trinajstić information content (AvgIpc) is 2.02. The van der Waals surface area contributed by atoms with E-state index >= 15 is 0 Å². The molecule has 0 aromatic heterocycles. The van der Waals surface area contributed by atoms with Crippen LogP contribution < -0.4 is 5.32 Å². The first-order chi connectivity index (χ1) is 6.29. The molecule has 0 bridgehead atoms. The van der Waals surface area contributed by atoms with Crippen LogP contribution >= 0.6 is 0 Å². The second-order valence-electron chi connectivity index (χ2n) is 4.84. The van der Waals surface area contributed by atoms with Crippen molar-refractivity contribution < 1.29 is 0 Å². The van der Waals surface area contributed by atoms with Gasteiger partial charge in [0.05, 0.1) is 0 Å². The van der Waals surface area contributed by atoms with E-state index in [-0.39, 0.29) is 0 Å². The summed E-state index contributed by atoms with van der Waals surface area (Å²) < 4.78 is 0. The molecular formula is C11H22N2. The lowest BCUT2D eigenvalue weighted by Crippen LogP contribution is -2.58. The van der Waals surface area contributed by atoms with Crippen LogP contribution in [0.1, 0.15) is 33.1 Å². The predicted octanol–water partition coefficient (Wildman–Crippen LogP) is 1.47. The third kappa shape index (κ3) is 1.89. The van der Waals surface area contributed by atoms with E-state index in [1.807, 2.05) is 0 Å². The molecule has 1 saturated heterocycles. The van der Waals surface area contributed by atoms with E-state index in [0.29, 0.717) is 0 Å². The van der Waals surface area contributed by atoms with Gasteiger partial charge in [0.25, 0.3) is 0 Å². The number of nitrogens with zero attached hydrogens (tertiary/aromatic N) is 1. The van der Waals surface area contributed by atoms with Crippen molar-refractivity contribution in [3.05, 3.63) is 0 Å². The molecule has 1 aliphatic carbocycles. The first-order valence-electron chi connectivity index (χ1n) is 5.75. The van der Waals surface area contributed by atoms with Gasteiger partial charge in [0.2, 0.25) is 0 Å². The van der Waals surface area contributed by atoms with Crippen LogP contribution in [0.15, 0.2) is 0 Å². The fraction of sp³-hybridized carbons (Fsp3) is 1.00. The molecular weight excluding hydrogens is 160 g/mol. The summed E-state index contributed by atoms with van der Waals surface area (Å²) in [5.41, 5.74) is 0. The number of nitrogens with one attached hydrogen (secondary N) is 1. The third-order valence-corrected chi connectivity index (χ3v) is 3.64. The topological polar surface area (TPSA) is 15.3 Å². The molecule has 1 unspecified atom stereocenters. The number of piperazine rings is 1. The summed E-state index contributed by atoms with van der Waals surface area (Å²) in [5.74, 6) is 0.799. The minimum atomic E-state index is 0.791. The van der Waals surface area contributed by atoms with Crippen molar-refractivity contribution in [2.75, 3.05) is 19.6 Å². The van der Waals surface area contributed by atoms with Crippen LogP contribution in [-0.2, 0) is 0 Å². The highest BCUT2D eigenvalue weighted by Crippen LogP contribution is 2.28. The zero-order chi connectivity index (χ0) is 9.26. The van der Waals surface area contributed by atoms with E-state index in [1.165, 1.54) is 38.9 Å². The number of rotatable bonds is 2. The summed E-state index contributed by atoms with van der Waals surface area (Å²) in [6.45, 7) is 8.37. The van der Waals surface area contributed by atoms with Gasteiger partial charge in [-0.1, -0.05) is 20.3 Å². The minimum absolute atomic E-state index is 0.791. The molecule has 0 spiro atoms. The van der Waals surface area contributed by atoms with Crippen molar-refractivity contribution in [2.45, 2.75) is 45.2 Å². The van der Waals surface area contributed by atoms with Crippen LogP contribution in [0.25, 0.3) is 0 Å². The Labute approximate surface area is 81.7 Å². The Balaban J connectivity index is 1.95. The fourth-order valence-corrected chi connectivity index (χ4v) is 2.53. The van der Waals surface area contributed by atoms with Crippen molar-refractivity contribution >= 4 is 0 Å². The van der Waals surface area contributed by atoms with Gasteiger partial charge in [0.15, 0.2) is 0 Å². The summed E-state index contributed by atoms with van der Waals surface area (Å²) in [7, 11) is 0. The number of hydrogen-bond donors (Lipinski definition) is 1. The molecule has 0 radical (unpaired) electrons. The van der Waals surface area contributed by atoms with Gasteiger partial charge in [0.1, 0.15) is 0 Å². The standard InChI is InChI=1S/C11H22N2/c1-9(2)11-8-12-6-7-13(11)10-4-3-5-10/h9-12H,3-8H2,1-2H3. The minimum Gasteiger partial charge on any atom is -0.314 e. The van der Waals surface area contributed by atoms with E-state index in [2.05, 4.69) is 24.1 Å². The molecule has 1 saturated carbocycles. The van der Waals surface area contributed by atoms with E-state index in [0.717, 1.165) is 18.0 Å². The van der Waals surface area contributed by atoms with Crippen molar-refractivity contribution in [1.82, 2.24) is 10.2 Å². The van der Waals surface area contributed by atoms with Crippen molar-refractivity contribution in [3.63, 3.8) is 0 Å². The number of hydrogen-bond acceptors (Lipinski definition) is 2. The maximum Gasteiger partial charge on any atom is 0.0247 e. The van der Waals surface area contributed by atoms with E-state index < -0.39 is 0 Å². The predicted molar refractivity (Wildman–Crippen MR) is 55.8 cm³/mol. The van der Waals surface area contributed by atoms with Crippen LogP contribution in [0.5, 0.6) is 0 Å². The molecule has 76 valence electrons. The van der Waals surface area contributed by atoms with Gasteiger partial charge < -0.3 is 5.32 Å². The fourth-order valence-electron chi connectivity index (χ4n) is 2.53. The Morgan fingerprint density at radius 2 is 2.08 bits per heavy atom. The monoisotopic (exact) mass is 182 g/mol. The molecule has 1 aliphatic heterocycles.